The second-order valence-corrected chi connectivity index (χ2v) is 4.83. The quantitative estimate of drug-likeness (QED) is 0.842. The molecule has 3 N–H and O–H groups in total. The fourth-order valence-corrected chi connectivity index (χ4v) is 1.66. The third-order valence-corrected chi connectivity index (χ3v) is 2.49. The van der Waals surface area contributed by atoms with Gasteiger partial charge in [-0.05, 0) is 26.0 Å². The fraction of sp³-hybridized carbons (Fsp3) is 0.385. The zero-order valence-corrected chi connectivity index (χ0v) is 11.1. The molecule has 0 atom stereocenters. The molecule has 2 amide bonds. The number of nitrogens with two attached hydrogens (primary N) is 1. The summed E-state index contributed by atoms with van der Waals surface area (Å²) in [6.45, 7) is 3.27. The Labute approximate surface area is 110 Å². The third kappa shape index (κ3) is 4.24. The summed E-state index contributed by atoms with van der Waals surface area (Å²) < 4.78 is 18.5. The third-order valence-electron chi connectivity index (χ3n) is 2.49. The Balaban J connectivity index is 2.86. The van der Waals surface area contributed by atoms with Gasteiger partial charge in [-0.2, -0.15) is 0 Å². The maximum Gasteiger partial charge on any atom is 0.254 e. The van der Waals surface area contributed by atoms with Crippen LogP contribution in [0.2, 0.25) is 0 Å². The normalized spacial score (nSPS) is 10.9. The zero-order valence-electron chi connectivity index (χ0n) is 11.1. The van der Waals surface area contributed by atoms with E-state index in [0.717, 1.165) is 6.07 Å². The number of carbonyl (C=O) groups excluding carboxylic acids is 2. The maximum absolute atomic E-state index is 13.7. The molecule has 6 heteroatoms. The number of hydrogen-bond acceptors (Lipinski definition) is 3. The summed E-state index contributed by atoms with van der Waals surface area (Å²) in [4.78, 5) is 22.8. The van der Waals surface area contributed by atoms with Crippen molar-refractivity contribution < 1.29 is 18.7 Å². The molecular weight excluding hydrogens is 251 g/mol. The first kappa shape index (κ1) is 14.9. The van der Waals surface area contributed by atoms with Gasteiger partial charge in [0.15, 0.2) is 0 Å². The molecule has 0 aliphatic carbocycles. The van der Waals surface area contributed by atoms with E-state index in [0.29, 0.717) is 5.75 Å². The Hall–Kier alpha value is -2.11. The molecule has 5 nitrogen and oxygen atoms in total. The molecule has 104 valence electrons. The highest BCUT2D eigenvalue weighted by Gasteiger charge is 2.24. The van der Waals surface area contributed by atoms with Crippen molar-refractivity contribution in [1.29, 1.82) is 0 Å². The number of halogens is 1. The van der Waals surface area contributed by atoms with Crippen molar-refractivity contribution in [3.63, 3.8) is 0 Å². The van der Waals surface area contributed by atoms with Gasteiger partial charge in [-0.1, -0.05) is 0 Å². The second kappa shape index (κ2) is 5.69. The fourth-order valence-electron chi connectivity index (χ4n) is 1.66. The van der Waals surface area contributed by atoms with Crippen molar-refractivity contribution in [3.05, 3.63) is 29.6 Å². The molecule has 0 radical (unpaired) electrons. The molecule has 0 aliphatic heterocycles. The number of amides is 2. The lowest BCUT2D eigenvalue weighted by molar-refractivity contribution is -0.119. The Morgan fingerprint density at radius 3 is 2.53 bits per heavy atom. The predicted octanol–water partition coefficient (Wildman–Crippen LogP) is 1.22. The Morgan fingerprint density at radius 1 is 1.42 bits per heavy atom. The molecular formula is C13H17FN2O3. The van der Waals surface area contributed by atoms with Crippen LogP contribution in [0.1, 0.15) is 30.6 Å². The van der Waals surface area contributed by atoms with E-state index in [1.165, 1.54) is 19.2 Å². The summed E-state index contributed by atoms with van der Waals surface area (Å²) in [7, 11) is 1.41. The molecule has 0 spiro atoms. The summed E-state index contributed by atoms with van der Waals surface area (Å²) >= 11 is 0. The molecule has 0 saturated carbocycles. The van der Waals surface area contributed by atoms with Gasteiger partial charge in [0.2, 0.25) is 5.91 Å². The summed E-state index contributed by atoms with van der Waals surface area (Å²) in [6.07, 6.45) is -0.0312. The Bertz CT molecular complexity index is 501. The van der Waals surface area contributed by atoms with Crippen LogP contribution in [0, 0.1) is 5.82 Å². The lowest BCUT2D eigenvalue weighted by Gasteiger charge is -2.24. The van der Waals surface area contributed by atoms with Crippen molar-refractivity contribution in [2.75, 3.05) is 7.11 Å². The molecule has 0 bridgehead atoms. The minimum Gasteiger partial charge on any atom is -0.497 e. The van der Waals surface area contributed by atoms with Crippen molar-refractivity contribution >= 4 is 11.8 Å². The number of carbonyl (C=O) groups is 2. The SMILES string of the molecule is COc1ccc(C(=O)NC(C)(C)CC(N)=O)c(F)c1. The van der Waals surface area contributed by atoms with Crippen LogP contribution in [0.3, 0.4) is 0 Å². The van der Waals surface area contributed by atoms with Gasteiger partial charge >= 0.3 is 0 Å². The Kier molecular flexibility index (Phi) is 4.47. The molecule has 19 heavy (non-hydrogen) atoms. The van der Waals surface area contributed by atoms with Crippen LogP contribution in [-0.2, 0) is 4.79 Å². The van der Waals surface area contributed by atoms with Crippen LogP contribution in [-0.4, -0.2) is 24.5 Å². The molecule has 0 heterocycles. The molecule has 1 rings (SSSR count). The van der Waals surface area contributed by atoms with E-state index in [4.69, 9.17) is 10.5 Å². The average molecular weight is 268 g/mol. The van der Waals surface area contributed by atoms with E-state index in [9.17, 15) is 14.0 Å². The van der Waals surface area contributed by atoms with Crippen LogP contribution in [0.4, 0.5) is 4.39 Å². The first-order chi connectivity index (χ1) is 8.75. The van der Waals surface area contributed by atoms with Gasteiger partial charge in [-0.15, -0.1) is 0 Å². The van der Waals surface area contributed by atoms with Crippen LogP contribution >= 0.6 is 0 Å². The van der Waals surface area contributed by atoms with Crippen LogP contribution < -0.4 is 15.8 Å². The van der Waals surface area contributed by atoms with E-state index in [2.05, 4.69) is 5.32 Å². The number of methoxy groups -OCH3 is 1. The number of benzene rings is 1. The van der Waals surface area contributed by atoms with Gasteiger partial charge in [0.1, 0.15) is 11.6 Å². The Morgan fingerprint density at radius 2 is 2.05 bits per heavy atom. The monoisotopic (exact) mass is 268 g/mol. The van der Waals surface area contributed by atoms with E-state index in [-0.39, 0.29) is 12.0 Å². The molecule has 0 unspecified atom stereocenters. The van der Waals surface area contributed by atoms with Crippen molar-refractivity contribution in [2.45, 2.75) is 25.8 Å². The molecule has 0 fully saturated rings. The second-order valence-electron chi connectivity index (χ2n) is 4.83. The van der Waals surface area contributed by atoms with E-state index in [1.807, 2.05) is 0 Å². The van der Waals surface area contributed by atoms with Gasteiger partial charge in [-0.25, -0.2) is 4.39 Å². The summed E-state index contributed by atoms with van der Waals surface area (Å²) in [5.41, 5.74) is 4.13. The van der Waals surface area contributed by atoms with Gasteiger partial charge in [0.05, 0.1) is 12.7 Å². The van der Waals surface area contributed by atoms with Crippen LogP contribution in [0.25, 0.3) is 0 Å². The number of nitrogens with one attached hydrogen (secondary N) is 1. The highest BCUT2D eigenvalue weighted by Crippen LogP contribution is 2.17. The van der Waals surface area contributed by atoms with Gasteiger partial charge in [0, 0.05) is 18.0 Å². The topological polar surface area (TPSA) is 81.4 Å². The predicted molar refractivity (Wildman–Crippen MR) is 68.3 cm³/mol. The molecule has 0 aromatic heterocycles. The number of hydrogen-bond donors (Lipinski definition) is 2. The van der Waals surface area contributed by atoms with Crippen LogP contribution in [0.15, 0.2) is 18.2 Å². The van der Waals surface area contributed by atoms with E-state index in [1.54, 1.807) is 13.8 Å². The highest BCUT2D eigenvalue weighted by atomic mass is 19.1. The number of ether oxygens (including phenoxy) is 1. The minimum absolute atomic E-state index is 0.0312. The first-order valence-electron chi connectivity index (χ1n) is 5.69. The van der Waals surface area contributed by atoms with Crippen molar-refractivity contribution in [2.24, 2.45) is 5.73 Å². The average Bonchev–Trinajstić information content (AvgIpc) is 2.25. The largest absolute Gasteiger partial charge is 0.497 e. The summed E-state index contributed by atoms with van der Waals surface area (Å²) in [5.74, 6) is -1.51. The number of primary amides is 1. The van der Waals surface area contributed by atoms with Gasteiger partial charge in [0.25, 0.3) is 5.91 Å². The highest BCUT2D eigenvalue weighted by molar-refractivity contribution is 5.95. The van der Waals surface area contributed by atoms with E-state index < -0.39 is 23.2 Å². The molecule has 1 aromatic carbocycles. The lowest BCUT2D eigenvalue weighted by Crippen LogP contribution is -2.46. The van der Waals surface area contributed by atoms with E-state index >= 15 is 0 Å². The minimum atomic E-state index is -0.838. The van der Waals surface area contributed by atoms with Crippen LogP contribution in [0.5, 0.6) is 5.75 Å². The van der Waals surface area contributed by atoms with Gasteiger partial charge in [-0.3, -0.25) is 9.59 Å². The molecule has 1 aromatic rings. The molecule has 0 saturated heterocycles. The van der Waals surface area contributed by atoms with Crippen molar-refractivity contribution in [1.82, 2.24) is 5.32 Å². The summed E-state index contributed by atoms with van der Waals surface area (Å²) in [5, 5.41) is 2.56. The maximum atomic E-state index is 13.7. The number of rotatable bonds is 5. The standard InChI is InChI=1S/C13H17FN2O3/c1-13(2,7-11(15)17)16-12(18)9-5-4-8(19-3)6-10(9)14/h4-6H,7H2,1-3H3,(H2,15,17)(H,16,18). The lowest BCUT2D eigenvalue weighted by atomic mass is 9.99. The smallest absolute Gasteiger partial charge is 0.254 e. The van der Waals surface area contributed by atoms with Crippen molar-refractivity contribution in [3.8, 4) is 5.75 Å². The zero-order chi connectivity index (χ0) is 14.6. The molecule has 0 aliphatic rings. The first-order valence-corrected chi connectivity index (χ1v) is 5.69. The van der Waals surface area contributed by atoms with Gasteiger partial charge < -0.3 is 15.8 Å². The summed E-state index contributed by atoms with van der Waals surface area (Å²) in [6, 6.07) is 3.93.